The Kier molecular flexibility index (Phi) is 5.87. The Bertz CT molecular complexity index is 1240. The topological polar surface area (TPSA) is 102 Å². The summed E-state index contributed by atoms with van der Waals surface area (Å²) < 4.78 is 28.1. The second kappa shape index (κ2) is 8.35. The zero-order valence-electron chi connectivity index (χ0n) is 18.6. The Morgan fingerprint density at radius 3 is 2.50 bits per heavy atom. The molecule has 3 aromatic rings. The second-order valence-electron chi connectivity index (χ2n) is 9.27. The van der Waals surface area contributed by atoms with E-state index in [4.69, 9.17) is 0 Å². The molecule has 1 aliphatic rings. The van der Waals surface area contributed by atoms with Crippen LogP contribution in [0.3, 0.4) is 0 Å². The standard InChI is InChI=1S/C24H29N3O4S/c1-24(2,3)16-8-10-17(11-9-16)32(30,31)26-22(15-28)23(29)27-13-12-19-18-6-4-5-7-20(18)25-21(19)14-27/h4-11,22,25-26,28H,12-15H2,1-3H3/t22-/m0/s1. The summed E-state index contributed by atoms with van der Waals surface area (Å²) in [5.41, 5.74) is 4.06. The number of H-pyrrole nitrogens is 1. The molecule has 8 heteroatoms. The number of aromatic amines is 1. The van der Waals surface area contributed by atoms with Gasteiger partial charge in [0.1, 0.15) is 6.04 Å². The molecule has 1 atom stereocenters. The van der Waals surface area contributed by atoms with Crippen molar-refractivity contribution in [3.63, 3.8) is 0 Å². The third-order valence-corrected chi connectivity index (χ3v) is 7.49. The largest absolute Gasteiger partial charge is 0.394 e. The third kappa shape index (κ3) is 4.30. The molecular weight excluding hydrogens is 426 g/mol. The lowest BCUT2D eigenvalue weighted by Crippen LogP contribution is -2.51. The third-order valence-electron chi connectivity index (χ3n) is 6.00. The van der Waals surface area contributed by atoms with Gasteiger partial charge in [0.15, 0.2) is 0 Å². The molecule has 1 aromatic heterocycles. The molecule has 0 unspecified atom stereocenters. The van der Waals surface area contributed by atoms with E-state index in [1.165, 1.54) is 17.7 Å². The number of carbonyl (C=O) groups excluding carboxylic acids is 1. The van der Waals surface area contributed by atoms with Crippen molar-refractivity contribution in [1.82, 2.24) is 14.6 Å². The normalized spacial score (nSPS) is 15.6. The van der Waals surface area contributed by atoms with Crippen molar-refractivity contribution in [2.24, 2.45) is 0 Å². The van der Waals surface area contributed by atoms with Gasteiger partial charge in [-0.15, -0.1) is 0 Å². The predicted octanol–water partition coefficient (Wildman–Crippen LogP) is 2.69. The van der Waals surface area contributed by atoms with E-state index in [0.717, 1.165) is 22.2 Å². The van der Waals surface area contributed by atoms with Gasteiger partial charge in [-0.1, -0.05) is 51.1 Å². The van der Waals surface area contributed by atoms with E-state index in [0.29, 0.717) is 19.5 Å². The number of benzene rings is 2. The maximum absolute atomic E-state index is 13.1. The number of hydrogen-bond donors (Lipinski definition) is 3. The molecule has 0 radical (unpaired) electrons. The molecule has 7 nitrogen and oxygen atoms in total. The van der Waals surface area contributed by atoms with E-state index in [1.54, 1.807) is 17.0 Å². The number of para-hydroxylation sites is 1. The first kappa shape index (κ1) is 22.5. The number of aromatic nitrogens is 1. The Hall–Kier alpha value is -2.68. The quantitative estimate of drug-likeness (QED) is 0.550. The van der Waals surface area contributed by atoms with E-state index >= 15 is 0 Å². The molecule has 4 rings (SSSR count). The molecular formula is C24H29N3O4S. The van der Waals surface area contributed by atoms with Gasteiger partial charge in [-0.05, 0) is 41.2 Å². The molecule has 0 bridgehead atoms. The van der Waals surface area contributed by atoms with Gasteiger partial charge in [-0.3, -0.25) is 4.79 Å². The van der Waals surface area contributed by atoms with Gasteiger partial charge >= 0.3 is 0 Å². The van der Waals surface area contributed by atoms with Crippen LogP contribution < -0.4 is 4.72 Å². The minimum Gasteiger partial charge on any atom is -0.394 e. The van der Waals surface area contributed by atoms with Crippen LogP contribution in [-0.2, 0) is 33.2 Å². The van der Waals surface area contributed by atoms with Gasteiger partial charge in [-0.25, -0.2) is 8.42 Å². The first-order valence-electron chi connectivity index (χ1n) is 10.7. The predicted molar refractivity (Wildman–Crippen MR) is 124 cm³/mol. The zero-order chi connectivity index (χ0) is 23.1. The van der Waals surface area contributed by atoms with Gasteiger partial charge < -0.3 is 15.0 Å². The summed E-state index contributed by atoms with van der Waals surface area (Å²) in [5.74, 6) is -0.438. The molecule has 0 spiro atoms. The van der Waals surface area contributed by atoms with Gasteiger partial charge in [0.05, 0.1) is 18.0 Å². The number of rotatable bonds is 5. The maximum Gasteiger partial charge on any atom is 0.243 e. The van der Waals surface area contributed by atoms with Crippen molar-refractivity contribution >= 4 is 26.8 Å². The molecule has 0 saturated heterocycles. The fourth-order valence-corrected chi connectivity index (χ4v) is 5.34. The number of amides is 1. The van der Waals surface area contributed by atoms with E-state index in [9.17, 15) is 18.3 Å². The van der Waals surface area contributed by atoms with Crippen molar-refractivity contribution in [3.8, 4) is 0 Å². The smallest absolute Gasteiger partial charge is 0.243 e. The summed E-state index contributed by atoms with van der Waals surface area (Å²) in [7, 11) is -3.96. The van der Waals surface area contributed by atoms with Crippen LogP contribution >= 0.6 is 0 Å². The Morgan fingerprint density at radius 1 is 1.16 bits per heavy atom. The first-order chi connectivity index (χ1) is 15.1. The lowest BCUT2D eigenvalue weighted by Gasteiger charge is -2.30. The van der Waals surface area contributed by atoms with Crippen molar-refractivity contribution in [3.05, 3.63) is 65.4 Å². The number of aliphatic hydroxyl groups excluding tert-OH is 1. The number of carbonyl (C=O) groups is 1. The van der Waals surface area contributed by atoms with Crippen LogP contribution in [0.2, 0.25) is 0 Å². The van der Waals surface area contributed by atoms with E-state index in [-0.39, 0.29) is 10.3 Å². The van der Waals surface area contributed by atoms with Crippen molar-refractivity contribution in [2.45, 2.75) is 50.1 Å². The number of fused-ring (bicyclic) bond motifs is 3. The van der Waals surface area contributed by atoms with Crippen LogP contribution in [0.5, 0.6) is 0 Å². The Balaban J connectivity index is 1.50. The minimum atomic E-state index is -3.96. The number of nitrogens with one attached hydrogen (secondary N) is 2. The average molecular weight is 456 g/mol. The van der Waals surface area contributed by atoms with Crippen molar-refractivity contribution in [2.75, 3.05) is 13.2 Å². The van der Waals surface area contributed by atoms with Gasteiger partial charge in [0.25, 0.3) is 0 Å². The highest BCUT2D eigenvalue weighted by Crippen LogP contribution is 2.28. The lowest BCUT2D eigenvalue weighted by molar-refractivity contribution is -0.134. The summed E-state index contributed by atoms with van der Waals surface area (Å²) in [6.07, 6.45) is 0.671. The number of aliphatic hydroxyl groups is 1. The highest BCUT2D eigenvalue weighted by molar-refractivity contribution is 7.89. The summed E-state index contributed by atoms with van der Waals surface area (Å²) >= 11 is 0. The second-order valence-corrected chi connectivity index (χ2v) is 11.0. The monoisotopic (exact) mass is 455 g/mol. The van der Waals surface area contributed by atoms with Crippen LogP contribution in [0.1, 0.15) is 37.6 Å². The molecule has 2 heterocycles. The van der Waals surface area contributed by atoms with Crippen LogP contribution in [0.25, 0.3) is 10.9 Å². The van der Waals surface area contributed by atoms with Crippen LogP contribution in [0.4, 0.5) is 0 Å². The minimum absolute atomic E-state index is 0.0632. The van der Waals surface area contributed by atoms with Crippen LogP contribution in [0.15, 0.2) is 53.4 Å². The molecule has 1 aliphatic heterocycles. The zero-order valence-corrected chi connectivity index (χ0v) is 19.4. The number of hydrogen-bond acceptors (Lipinski definition) is 4. The number of nitrogens with zero attached hydrogens (tertiary/aromatic N) is 1. The van der Waals surface area contributed by atoms with Gasteiger partial charge in [-0.2, -0.15) is 4.72 Å². The fraction of sp³-hybridized carbons (Fsp3) is 0.375. The number of sulfonamides is 1. The molecule has 0 aliphatic carbocycles. The molecule has 0 fully saturated rings. The molecule has 2 aromatic carbocycles. The molecule has 0 saturated carbocycles. The summed E-state index contributed by atoms with van der Waals surface area (Å²) in [5, 5.41) is 11.0. The van der Waals surface area contributed by atoms with E-state index in [1.807, 2.05) is 39.0 Å². The first-order valence-corrected chi connectivity index (χ1v) is 12.2. The van der Waals surface area contributed by atoms with E-state index in [2.05, 4.69) is 15.8 Å². The van der Waals surface area contributed by atoms with Crippen molar-refractivity contribution in [1.29, 1.82) is 0 Å². The molecule has 170 valence electrons. The van der Waals surface area contributed by atoms with Crippen molar-refractivity contribution < 1.29 is 18.3 Å². The van der Waals surface area contributed by atoms with Gasteiger partial charge in [0.2, 0.25) is 15.9 Å². The summed E-state index contributed by atoms with van der Waals surface area (Å²) in [6, 6.07) is 13.3. The van der Waals surface area contributed by atoms with Gasteiger partial charge in [0, 0.05) is 23.1 Å². The Labute approximate surface area is 188 Å². The lowest BCUT2D eigenvalue weighted by atomic mass is 9.87. The Morgan fingerprint density at radius 2 is 1.84 bits per heavy atom. The average Bonchev–Trinajstić information content (AvgIpc) is 3.14. The summed E-state index contributed by atoms with van der Waals surface area (Å²) in [6.45, 7) is 6.34. The van der Waals surface area contributed by atoms with Crippen LogP contribution in [0, 0.1) is 0 Å². The van der Waals surface area contributed by atoms with E-state index < -0.39 is 28.6 Å². The molecule has 3 N–H and O–H groups in total. The SMILES string of the molecule is CC(C)(C)c1ccc(S(=O)(=O)N[C@@H](CO)C(=O)N2CCc3c([nH]c4ccccc34)C2)cc1. The highest BCUT2D eigenvalue weighted by atomic mass is 32.2. The molecule has 32 heavy (non-hydrogen) atoms. The molecule has 1 amide bonds. The van der Waals surface area contributed by atoms with Crippen LogP contribution in [-0.4, -0.2) is 48.5 Å². The highest BCUT2D eigenvalue weighted by Gasteiger charge is 2.32. The summed E-state index contributed by atoms with van der Waals surface area (Å²) in [4.78, 5) is 18.1. The maximum atomic E-state index is 13.1. The fourth-order valence-electron chi connectivity index (χ4n) is 4.16.